The lowest BCUT2D eigenvalue weighted by Crippen LogP contribution is -2.24. The Morgan fingerprint density at radius 1 is 1.05 bits per heavy atom. The average molecular weight is 285 g/mol. The van der Waals surface area contributed by atoms with Crippen molar-refractivity contribution in [1.29, 1.82) is 0 Å². The minimum absolute atomic E-state index is 0.584. The first-order chi connectivity index (χ1) is 10.2. The summed E-state index contributed by atoms with van der Waals surface area (Å²) in [4.78, 5) is 10.7. The summed E-state index contributed by atoms with van der Waals surface area (Å²) in [6, 6.07) is 8.28. The van der Waals surface area contributed by atoms with Gasteiger partial charge in [0.05, 0.1) is 0 Å². The van der Waals surface area contributed by atoms with E-state index in [-0.39, 0.29) is 0 Å². The molecule has 21 heavy (non-hydrogen) atoms. The Morgan fingerprint density at radius 2 is 1.71 bits per heavy atom. The molecule has 0 spiro atoms. The molecule has 5 nitrogen and oxygen atoms in total. The van der Waals surface area contributed by atoms with Crippen LogP contribution in [0.3, 0.4) is 0 Å². The Morgan fingerprint density at radius 3 is 2.29 bits per heavy atom. The summed E-state index contributed by atoms with van der Waals surface area (Å²) < 4.78 is 0. The maximum absolute atomic E-state index is 6.21. The summed E-state index contributed by atoms with van der Waals surface area (Å²) in [5, 5.41) is 3.26. The van der Waals surface area contributed by atoms with E-state index < -0.39 is 0 Å². The van der Waals surface area contributed by atoms with Crippen LogP contribution in [-0.2, 0) is 6.42 Å². The molecule has 2 rings (SSSR count). The molecule has 0 saturated carbocycles. The van der Waals surface area contributed by atoms with Crippen LogP contribution in [0.4, 0.5) is 23.0 Å². The molecule has 0 aliphatic heterocycles. The van der Waals surface area contributed by atoms with E-state index in [0.29, 0.717) is 11.5 Å². The van der Waals surface area contributed by atoms with Gasteiger partial charge in [-0.1, -0.05) is 19.1 Å². The third-order valence-corrected chi connectivity index (χ3v) is 3.55. The molecule has 5 heteroatoms. The molecular weight excluding hydrogens is 262 g/mol. The van der Waals surface area contributed by atoms with Gasteiger partial charge in [0.15, 0.2) is 11.6 Å². The zero-order valence-electron chi connectivity index (χ0n) is 12.9. The minimum Gasteiger partial charge on any atom is -0.393 e. The topological polar surface area (TPSA) is 67.1 Å². The normalized spacial score (nSPS) is 10.4. The van der Waals surface area contributed by atoms with Crippen molar-refractivity contribution in [3.8, 4) is 0 Å². The van der Waals surface area contributed by atoms with Crippen LogP contribution >= 0.6 is 0 Å². The van der Waals surface area contributed by atoms with E-state index in [4.69, 9.17) is 5.73 Å². The number of aromatic nitrogens is 2. The first kappa shape index (κ1) is 15.1. The molecule has 0 unspecified atom stereocenters. The average Bonchev–Trinajstić information content (AvgIpc) is 2.52. The van der Waals surface area contributed by atoms with Crippen LogP contribution in [0.2, 0.25) is 0 Å². The van der Waals surface area contributed by atoms with Gasteiger partial charge in [0, 0.05) is 18.8 Å². The van der Waals surface area contributed by atoms with Crippen LogP contribution in [0.5, 0.6) is 0 Å². The van der Waals surface area contributed by atoms with Gasteiger partial charge in [-0.05, 0) is 38.0 Å². The molecule has 0 amide bonds. The van der Waals surface area contributed by atoms with E-state index >= 15 is 0 Å². The SMILES string of the molecule is CCc1ccc(Nc2ncnc(N(CC)CC)c2N)cc1. The van der Waals surface area contributed by atoms with Crippen molar-refractivity contribution in [3.05, 3.63) is 36.2 Å². The van der Waals surface area contributed by atoms with Crippen molar-refractivity contribution in [1.82, 2.24) is 9.97 Å². The summed E-state index contributed by atoms with van der Waals surface area (Å²) in [5.74, 6) is 1.43. The van der Waals surface area contributed by atoms with Gasteiger partial charge in [-0.25, -0.2) is 9.97 Å². The lowest BCUT2D eigenvalue weighted by Gasteiger charge is -2.22. The number of benzene rings is 1. The summed E-state index contributed by atoms with van der Waals surface area (Å²) in [5.41, 5.74) is 9.07. The van der Waals surface area contributed by atoms with Crippen LogP contribution in [0.15, 0.2) is 30.6 Å². The molecule has 0 radical (unpaired) electrons. The number of aryl methyl sites for hydroxylation is 1. The Labute approximate surface area is 126 Å². The largest absolute Gasteiger partial charge is 0.393 e. The van der Waals surface area contributed by atoms with Gasteiger partial charge in [-0.3, -0.25) is 0 Å². The number of nitrogens with one attached hydrogen (secondary N) is 1. The van der Waals surface area contributed by atoms with Crippen LogP contribution < -0.4 is 16.0 Å². The van der Waals surface area contributed by atoms with Gasteiger partial charge in [0.2, 0.25) is 0 Å². The third kappa shape index (κ3) is 3.42. The number of rotatable bonds is 6. The van der Waals surface area contributed by atoms with E-state index in [9.17, 15) is 0 Å². The maximum atomic E-state index is 6.21. The zero-order valence-corrected chi connectivity index (χ0v) is 12.9. The quantitative estimate of drug-likeness (QED) is 0.853. The second kappa shape index (κ2) is 6.92. The van der Waals surface area contributed by atoms with Gasteiger partial charge >= 0.3 is 0 Å². The Kier molecular flexibility index (Phi) is 4.98. The van der Waals surface area contributed by atoms with Crippen molar-refractivity contribution in [2.45, 2.75) is 27.2 Å². The summed E-state index contributed by atoms with van der Waals surface area (Å²) in [6.07, 6.45) is 2.58. The lowest BCUT2D eigenvalue weighted by atomic mass is 10.1. The number of hydrogen-bond acceptors (Lipinski definition) is 5. The van der Waals surface area contributed by atoms with Gasteiger partial charge < -0.3 is 16.0 Å². The van der Waals surface area contributed by atoms with Crippen LogP contribution in [-0.4, -0.2) is 23.1 Å². The van der Waals surface area contributed by atoms with Crippen LogP contribution in [0.25, 0.3) is 0 Å². The van der Waals surface area contributed by atoms with Crippen molar-refractivity contribution >= 4 is 23.0 Å². The number of anilines is 4. The van der Waals surface area contributed by atoms with E-state index in [1.165, 1.54) is 5.56 Å². The Balaban J connectivity index is 2.25. The van der Waals surface area contributed by atoms with E-state index in [0.717, 1.165) is 31.0 Å². The first-order valence-corrected chi connectivity index (χ1v) is 7.40. The smallest absolute Gasteiger partial charge is 0.159 e. The van der Waals surface area contributed by atoms with Gasteiger partial charge in [0.1, 0.15) is 12.0 Å². The molecular formula is C16H23N5. The molecule has 0 bridgehead atoms. The van der Waals surface area contributed by atoms with Crippen molar-refractivity contribution in [2.75, 3.05) is 29.0 Å². The molecule has 0 aliphatic carbocycles. The van der Waals surface area contributed by atoms with E-state index in [1.54, 1.807) is 6.33 Å². The fraction of sp³-hybridized carbons (Fsp3) is 0.375. The van der Waals surface area contributed by atoms with E-state index in [2.05, 4.69) is 53.1 Å². The molecule has 112 valence electrons. The first-order valence-electron chi connectivity index (χ1n) is 7.40. The van der Waals surface area contributed by atoms with Gasteiger partial charge in [-0.2, -0.15) is 0 Å². The van der Waals surface area contributed by atoms with Gasteiger partial charge in [-0.15, -0.1) is 0 Å². The molecule has 0 fully saturated rings. The predicted molar refractivity (Wildman–Crippen MR) is 89.1 cm³/mol. The molecule has 0 saturated heterocycles. The highest BCUT2D eigenvalue weighted by molar-refractivity contribution is 5.78. The summed E-state index contributed by atoms with van der Waals surface area (Å²) >= 11 is 0. The third-order valence-electron chi connectivity index (χ3n) is 3.55. The number of nitrogens with zero attached hydrogens (tertiary/aromatic N) is 3. The lowest BCUT2D eigenvalue weighted by molar-refractivity contribution is 0.844. The molecule has 1 aromatic heterocycles. The van der Waals surface area contributed by atoms with Crippen molar-refractivity contribution in [2.24, 2.45) is 0 Å². The monoisotopic (exact) mass is 285 g/mol. The molecule has 1 heterocycles. The second-order valence-corrected chi connectivity index (χ2v) is 4.81. The number of hydrogen-bond donors (Lipinski definition) is 2. The second-order valence-electron chi connectivity index (χ2n) is 4.81. The Bertz CT molecular complexity index is 576. The van der Waals surface area contributed by atoms with Crippen molar-refractivity contribution in [3.63, 3.8) is 0 Å². The number of nitrogens with two attached hydrogens (primary N) is 1. The summed E-state index contributed by atoms with van der Waals surface area (Å²) in [7, 11) is 0. The fourth-order valence-electron chi connectivity index (χ4n) is 2.22. The summed E-state index contributed by atoms with van der Waals surface area (Å²) in [6.45, 7) is 8.04. The van der Waals surface area contributed by atoms with Crippen LogP contribution in [0, 0.1) is 0 Å². The minimum atomic E-state index is 0.584. The molecule has 3 N–H and O–H groups in total. The van der Waals surface area contributed by atoms with Gasteiger partial charge in [0.25, 0.3) is 0 Å². The fourth-order valence-corrected chi connectivity index (χ4v) is 2.22. The van der Waals surface area contributed by atoms with Crippen molar-refractivity contribution < 1.29 is 0 Å². The number of nitrogen functional groups attached to an aromatic ring is 1. The maximum Gasteiger partial charge on any atom is 0.159 e. The highest BCUT2D eigenvalue weighted by Gasteiger charge is 2.12. The van der Waals surface area contributed by atoms with E-state index in [1.807, 2.05) is 12.1 Å². The highest BCUT2D eigenvalue weighted by Crippen LogP contribution is 2.28. The van der Waals surface area contributed by atoms with Crippen LogP contribution in [0.1, 0.15) is 26.3 Å². The predicted octanol–water partition coefficient (Wildman–Crippen LogP) is 3.21. The molecule has 0 aliphatic rings. The molecule has 0 atom stereocenters. The highest BCUT2D eigenvalue weighted by atomic mass is 15.2. The molecule has 2 aromatic rings. The zero-order chi connectivity index (χ0) is 15.2. The Hall–Kier alpha value is -2.30. The standard InChI is InChI=1S/C16H23N5/c1-4-12-7-9-13(10-8-12)20-15-14(17)16(19-11-18-15)21(5-2)6-3/h7-11H,4-6,17H2,1-3H3,(H,18,19,20). The molecule has 1 aromatic carbocycles.